The summed E-state index contributed by atoms with van der Waals surface area (Å²) in [5, 5.41) is 17.0. The zero-order valence-corrected chi connectivity index (χ0v) is 12.2. The lowest BCUT2D eigenvalue weighted by Crippen LogP contribution is -2.40. The number of aromatic amines is 1. The summed E-state index contributed by atoms with van der Waals surface area (Å²) in [6, 6.07) is 7.35. The summed E-state index contributed by atoms with van der Waals surface area (Å²) in [6.45, 7) is 1.13. The van der Waals surface area contributed by atoms with Crippen molar-refractivity contribution in [1.29, 1.82) is 0 Å². The maximum atomic E-state index is 12.6. The zero-order valence-electron chi connectivity index (χ0n) is 11.4. The van der Waals surface area contributed by atoms with E-state index in [1.165, 1.54) is 6.20 Å². The van der Waals surface area contributed by atoms with Crippen LogP contribution in [0.5, 0.6) is 0 Å². The Bertz CT molecular complexity index is 648. The number of nitrogens with zero attached hydrogens (tertiary/aromatic N) is 2. The van der Waals surface area contributed by atoms with Gasteiger partial charge >= 0.3 is 0 Å². The van der Waals surface area contributed by atoms with E-state index in [0.717, 1.165) is 5.56 Å². The maximum Gasteiger partial charge on any atom is 0.257 e. The second-order valence-electron chi connectivity index (χ2n) is 5.16. The third-order valence-corrected chi connectivity index (χ3v) is 4.09. The van der Waals surface area contributed by atoms with Crippen LogP contribution >= 0.6 is 11.6 Å². The van der Waals surface area contributed by atoms with Crippen molar-refractivity contribution in [2.45, 2.75) is 18.9 Å². The Hall–Kier alpha value is -1.85. The average Bonchev–Trinajstić information content (AvgIpc) is 2.97. The van der Waals surface area contributed by atoms with Gasteiger partial charge in [0.15, 0.2) is 0 Å². The van der Waals surface area contributed by atoms with E-state index in [0.29, 0.717) is 42.2 Å². The van der Waals surface area contributed by atoms with Crippen molar-refractivity contribution in [1.82, 2.24) is 15.1 Å². The fourth-order valence-electron chi connectivity index (χ4n) is 2.56. The molecule has 1 aliphatic heterocycles. The molecule has 6 heteroatoms. The first-order valence-electron chi connectivity index (χ1n) is 6.92. The molecule has 2 heterocycles. The van der Waals surface area contributed by atoms with E-state index in [1.807, 2.05) is 18.2 Å². The van der Waals surface area contributed by atoms with Crippen molar-refractivity contribution in [2.75, 3.05) is 13.1 Å². The van der Waals surface area contributed by atoms with E-state index in [9.17, 15) is 9.90 Å². The standard InChI is InChI=1S/C15H16ClN3O2/c16-13-4-2-1-3-11(13)14-12(9-17-18-14)15(21)19-7-5-10(20)6-8-19/h1-4,9-10,20H,5-8H2,(H,17,18). The molecule has 0 radical (unpaired) electrons. The Kier molecular flexibility index (Phi) is 3.94. The van der Waals surface area contributed by atoms with Gasteiger partial charge in [-0.05, 0) is 18.9 Å². The van der Waals surface area contributed by atoms with Crippen LogP contribution in [0.3, 0.4) is 0 Å². The molecule has 0 bridgehead atoms. The summed E-state index contributed by atoms with van der Waals surface area (Å²) in [5.74, 6) is -0.0782. The zero-order chi connectivity index (χ0) is 14.8. The van der Waals surface area contributed by atoms with Crippen molar-refractivity contribution in [2.24, 2.45) is 0 Å². The van der Waals surface area contributed by atoms with Gasteiger partial charge in [-0.3, -0.25) is 9.89 Å². The van der Waals surface area contributed by atoms with Crippen LogP contribution in [-0.4, -0.2) is 45.3 Å². The maximum absolute atomic E-state index is 12.6. The topological polar surface area (TPSA) is 69.2 Å². The molecule has 5 nitrogen and oxygen atoms in total. The van der Waals surface area contributed by atoms with Crippen LogP contribution in [0, 0.1) is 0 Å². The molecule has 1 aromatic heterocycles. The Morgan fingerprint density at radius 1 is 1.33 bits per heavy atom. The van der Waals surface area contributed by atoms with Crippen LogP contribution in [0.25, 0.3) is 11.3 Å². The van der Waals surface area contributed by atoms with E-state index in [2.05, 4.69) is 10.2 Å². The molecule has 3 rings (SSSR count). The lowest BCUT2D eigenvalue weighted by molar-refractivity contribution is 0.0547. The van der Waals surface area contributed by atoms with Crippen LogP contribution in [0.2, 0.25) is 5.02 Å². The predicted molar refractivity (Wildman–Crippen MR) is 80.2 cm³/mol. The molecule has 110 valence electrons. The van der Waals surface area contributed by atoms with Gasteiger partial charge in [0.2, 0.25) is 0 Å². The van der Waals surface area contributed by atoms with Crippen LogP contribution in [-0.2, 0) is 0 Å². The van der Waals surface area contributed by atoms with E-state index >= 15 is 0 Å². The van der Waals surface area contributed by atoms with Gasteiger partial charge in [0.1, 0.15) is 0 Å². The minimum absolute atomic E-state index is 0.0782. The van der Waals surface area contributed by atoms with Crippen molar-refractivity contribution >= 4 is 17.5 Å². The van der Waals surface area contributed by atoms with Crippen molar-refractivity contribution < 1.29 is 9.90 Å². The van der Waals surface area contributed by atoms with Gasteiger partial charge in [0.25, 0.3) is 5.91 Å². The van der Waals surface area contributed by atoms with Gasteiger partial charge < -0.3 is 10.0 Å². The van der Waals surface area contributed by atoms with Gasteiger partial charge in [0.05, 0.1) is 23.6 Å². The number of hydrogen-bond acceptors (Lipinski definition) is 3. The molecule has 0 atom stereocenters. The van der Waals surface area contributed by atoms with Crippen LogP contribution in [0.4, 0.5) is 0 Å². The molecule has 21 heavy (non-hydrogen) atoms. The fraction of sp³-hybridized carbons (Fsp3) is 0.333. The first-order valence-corrected chi connectivity index (χ1v) is 7.30. The largest absolute Gasteiger partial charge is 0.393 e. The molecule has 0 spiro atoms. The Morgan fingerprint density at radius 3 is 2.76 bits per heavy atom. The number of aromatic nitrogens is 2. The van der Waals surface area contributed by atoms with Gasteiger partial charge in [-0.2, -0.15) is 5.10 Å². The van der Waals surface area contributed by atoms with E-state index in [1.54, 1.807) is 11.0 Å². The van der Waals surface area contributed by atoms with Crippen LogP contribution in [0.1, 0.15) is 23.2 Å². The summed E-state index contributed by atoms with van der Waals surface area (Å²) in [7, 11) is 0. The number of H-pyrrole nitrogens is 1. The van der Waals surface area contributed by atoms with Gasteiger partial charge in [0, 0.05) is 23.7 Å². The highest BCUT2D eigenvalue weighted by molar-refractivity contribution is 6.33. The molecule has 1 aliphatic rings. The lowest BCUT2D eigenvalue weighted by atomic mass is 10.0. The van der Waals surface area contributed by atoms with Gasteiger partial charge in [-0.25, -0.2) is 0 Å². The van der Waals surface area contributed by atoms with Crippen molar-refractivity contribution in [3.8, 4) is 11.3 Å². The van der Waals surface area contributed by atoms with E-state index in [4.69, 9.17) is 11.6 Å². The summed E-state index contributed by atoms with van der Waals surface area (Å²) in [5.41, 5.74) is 1.91. The Balaban J connectivity index is 1.89. The number of carbonyl (C=O) groups is 1. The monoisotopic (exact) mass is 305 g/mol. The van der Waals surface area contributed by atoms with E-state index in [-0.39, 0.29) is 12.0 Å². The quantitative estimate of drug-likeness (QED) is 0.894. The molecule has 0 saturated carbocycles. The van der Waals surface area contributed by atoms with Crippen molar-refractivity contribution in [3.63, 3.8) is 0 Å². The number of halogens is 1. The molecule has 1 amide bonds. The Labute approximate surface area is 127 Å². The summed E-state index contributed by atoms with van der Waals surface area (Å²) in [6.07, 6.45) is 2.46. The molecular formula is C15H16ClN3O2. The van der Waals surface area contributed by atoms with Gasteiger partial charge in [-0.15, -0.1) is 0 Å². The number of carbonyl (C=O) groups excluding carboxylic acids is 1. The number of likely N-dealkylation sites (tertiary alicyclic amines) is 1. The molecule has 0 aliphatic carbocycles. The summed E-state index contributed by atoms with van der Waals surface area (Å²) in [4.78, 5) is 14.4. The smallest absolute Gasteiger partial charge is 0.257 e. The first-order chi connectivity index (χ1) is 10.2. The lowest BCUT2D eigenvalue weighted by Gasteiger charge is -2.29. The Morgan fingerprint density at radius 2 is 2.05 bits per heavy atom. The molecule has 2 N–H and O–H groups in total. The number of aliphatic hydroxyl groups is 1. The fourth-order valence-corrected chi connectivity index (χ4v) is 2.79. The number of hydrogen-bond donors (Lipinski definition) is 2. The molecule has 0 unspecified atom stereocenters. The first kappa shape index (κ1) is 14.1. The number of rotatable bonds is 2. The SMILES string of the molecule is O=C(c1cn[nH]c1-c1ccccc1Cl)N1CCC(O)CC1. The number of amides is 1. The molecule has 1 saturated heterocycles. The minimum atomic E-state index is -0.304. The second kappa shape index (κ2) is 5.87. The number of piperidine rings is 1. The predicted octanol–water partition coefficient (Wildman–Crippen LogP) is 2.33. The third-order valence-electron chi connectivity index (χ3n) is 3.76. The second-order valence-corrected chi connectivity index (χ2v) is 5.57. The molecule has 1 aromatic carbocycles. The van der Waals surface area contributed by atoms with Gasteiger partial charge in [-0.1, -0.05) is 29.8 Å². The normalized spacial score (nSPS) is 16.2. The number of aliphatic hydroxyl groups excluding tert-OH is 1. The van der Waals surface area contributed by atoms with Crippen LogP contribution < -0.4 is 0 Å². The summed E-state index contributed by atoms with van der Waals surface area (Å²) >= 11 is 6.19. The molecule has 2 aromatic rings. The van der Waals surface area contributed by atoms with E-state index < -0.39 is 0 Å². The summed E-state index contributed by atoms with van der Waals surface area (Å²) < 4.78 is 0. The molecular weight excluding hydrogens is 290 g/mol. The number of benzene rings is 1. The highest BCUT2D eigenvalue weighted by Gasteiger charge is 2.25. The minimum Gasteiger partial charge on any atom is -0.393 e. The highest BCUT2D eigenvalue weighted by Crippen LogP contribution is 2.29. The van der Waals surface area contributed by atoms with Crippen LogP contribution in [0.15, 0.2) is 30.5 Å². The third kappa shape index (κ3) is 2.80. The number of nitrogens with one attached hydrogen (secondary N) is 1. The average molecular weight is 306 g/mol. The van der Waals surface area contributed by atoms with Crippen molar-refractivity contribution in [3.05, 3.63) is 41.0 Å². The molecule has 1 fully saturated rings. The highest BCUT2D eigenvalue weighted by atomic mass is 35.5.